The predicted octanol–water partition coefficient (Wildman–Crippen LogP) is 2.77. The fraction of sp³-hybridized carbons (Fsp3) is 0.133. The fourth-order valence-electron chi connectivity index (χ4n) is 1.81. The molecule has 5 heteroatoms. The molecule has 4 nitrogen and oxygen atoms in total. The molecule has 2 N–H and O–H groups in total. The Balaban J connectivity index is 2.21. The van der Waals surface area contributed by atoms with Crippen molar-refractivity contribution in [3.8, 4) is 5.75 Å². The number of esters is 1. The molecule has 0 saturated heterocycles. The number of carbonyl (C=O) groups excluding carboxylic acids is 1. The van der Waals surface area contributed by atoms with Crippen molar-refractivity contribution < 1.29 is 18.7 Å². The van der Waals surface area contributed by atoms with Crippen molar-refractivity contribution in [1.82, 2.24) is 0 Å². The van der Waals surface area contributed by atoms with Crippen LogP contribution in [0.1, 0.15) is 15.9 Å². The quantitative estimate of drug-likeness (QED) is 0.688. The second-order valence-corrected chi connectivity index (χ2v) is 4.12. The summed E-state index contributed by atoms with van der Waals surface area (Å²) in [5.41, 5.74) is 6.95. The summed E-state index contributed by atoms with van der Waals surface area (Å²) in [4.78, 5) is 11.7. The number of methoxy groups -OCH3 is 1. The Morgan fingerprint density at radius 3 is 2.70 bits per heavy atom. The third-order valence-corrected chi connectivity index (χ3v) is 2.76. The monoisotopic (exact) mass is 275 g/mol. The van der Waals surface area contributed by atoms with Gasteiger partial charge in [-0.3, -0.25) is 0 Å². The molecule has 0 aromatic heterocycles. The van der Waals surface area contributed by atoms with Gasteiger partial charge in [0.25, 0.3) is 0 Å². The van der Waals surface area contributed by atoms with E-state index in [0.717, 1.165) is 0 Å². The van der Waals surface area contributed by atoms with E-state index in [1.54, 1.807) is 30.3 Å². The van der Waals surface area contributed by atoms with Gasteiger partial charge in [0.15, 0.2) is 0 Å². The first-order chi connectivity index (χ1) is 9.61. The van der Waals surface area contributed by atoms with Gasteiger partial charge in [-0.2, -0.15) is 0 Å². The van der Waals surface area contributed by atoms with Crippen LogP contribution in [0.3, 0.4) is 0 Å². The molecular formula is C15H14FNO3. The summed E-state index contributed by atoms with van der Waals surface area (Å²) >= 11 is 0. The van der Waals surface area contributed by atoms with Crippen LogP contribution in [0, 0.1) is 5.82 Å². The number of anilines is 1. The molecule has 2 rings (SSSR count). The first kappa shape index (κ1) is 13.9. The highest BCUT2D eigenvalue weighted by atomic mass is 19.1. The molecule has 2 aromatic carbocycles. The van der Waals surface area contributed by atoms with E-state index in [4.69, 9.17) is 15.2 Å². The number of hydrogen-bond donors (Lipinski definition) is 1. The lowest BCUT2D eigenvalue weighted by atomic mass is 10.1. The number of hydrogen-bond acceptors (Lipinski definition) is 4. The van der Waals surface area contributed by atoms with Crippen molar-refractivity contribution in [2.45, 2.75) is 6.61 Å². The van der Waals surface area contributed by atoms with Crippen molar-refractivity contribution in [2.24, 2.45) is 0 Å². The number of rotatable bonds is 4. The molecule has 0 saturated carbocycles. The van der Waals surface area contributed by atoms with Gasteiger partial charge in [-0.15, -0.1) is 0 Å². The zero-order chi connectivity index (χ0) is 14.5. The number of halogens is 1. The highest BCUT2D eigenvalue weighted by Gasteiger charge is 2.15. The smallest absolute Gasteiger partial charge is 0.340 e. The van der Waals surface area contributed by atoms with Crippen LogP contribution in [0.4, 0.5) is 10.1 Å². The summed E-state index contributed by atoms with van der Waals surface area (Å²) in [5, 5.41) is 0. The van der Waals surface area contributed by atoms with Gasteiger partial charge in [0.05, 0.1) is 12.7 Å². The molecule has 0 radical (unpaired) electrons. The van der Waals surface area contributed by atoms with Crippen LogP contribution in [0.2, 0.25) is 0 Å². The third-order valence-electron chi connectivity index (χ3n) is 2.76. The van der Waals surface area contributed by atoms with Crippen molar-refractivity contribution in [1.29, 1.82) is 0 Å². The van der Waals surface area contributed by atoms with Crippen molar-refractivity contribution in [3.63, 3.8) is 0 Å². The predicted molar refractivity (Wildman–Crippen MR) is 72.9 cm³/mol. The molecule has 0 aliphatic carbocycles. The van der Waals surface area contributed by atoms with Gasteiger partial charge >= 0.3 is 5.97 Å². The van der Waals surface area contributed by atoms with Crippen LogP contribution in [0.25, 0.3) is 0 Å². The van der Waals surface area contributed by atoms with Crippen LogP contribution in [0.15, 0.2) is 42.5 Å². The maximum Gasteiger partial charge on any atom is 0.340 e. The summed E-state index contributed by atoms with van der Waals surface area (Å²) in [6.45, 7) is 0.0962. The summed E-state index contributed by atoms with van der Waals surface area (Å²) in [6.07, 6.45) is 0. The number of nitrogen functional groups attached to an aromatic ring is 1. The van der Waals surface area contributed by atoms with Crippen LogP contribution in [0.5, 0.6) is 5.75 Å². The maximum atomic E-state index is 13.0. The highest BCUT2D eigenvalue weighted by Crippen LogP contribution is 2.21. The van der Waals surface area contributed by atoms with Gasteiger partial charge in [0.2, 0.25) is 0 Å². The van der Waals surface area contributed by atoms with E-state index in [-0.39, 0.29) is 18.0 Å². The number of benzene rings is 2. The summed E-state index contributed by atoms with van der Waals surface area (Å²) in [6, 6.07) is 10.8. The minimum atomic E-state index is -0.527. The highest BCUT2D eigenvalue weighted by molar-refractivity contribution is 5.96. The number of ether oxygens (including phenoxy) is 2. The molecule has 0 bridgehead atoms. The molecule has 0 heterocycles. The molecule has 2 aromatic rings. The lowest BCUT2D eigenvalue weighted by Crippen LogP contribution is -2.11. The van der Waals surface area contributed by atoms with E-state index in [1.165, 1.54) is 19.2 Å². The van der Waals surface area contributed by atoms with Crippen LogP contribution >= 0.6 is 0 Å². The van der Waals surface area contributed by atoms with Gasteiger partial charge in [-0.25, -0.2) is 9.18 Å². The maximum absolute atomic E-state index is 13.0. The van der Waals surface area contributed by atoms with E-state index >= 15 is 0 Å². The van der Waals surface area contributed by atoms with Gasteiger partial charge < -0.3 is 15.2 Å². The van der Waals surface area contributed by atoms with Gasteiger partial charge in [-0.1, -0.05) is 18.2 Å². The van der Waals surface area contributed by atoms with Crippen LogP contribution < -0.4 is 10.5 Å². The van der Waals surface area contributed by atoms with Crippen molar-refractivity contribution in [2.75, 3.05) is 12.8 Å². The Morgan fingerprint density at radius 2 is 2.00 bits per heavy atom. The average Bonchev–Trinajstić information content (AvgIpc) is 2.44. The topological polar surface area (TPSA) is 61.5 Å². The van der Waals surface area contributed by atoms with Gasteiger partial charge in [-0.05, 0) is 18.2 Å². The molecular weight excluding hydrogens is 261 g/mol. The Kier molecular flexibility index (Phi) is 4.20. The number of nitrogens with two attached hydrogens (primary N) is 1. The van der Waals surface area contributed by atoms with E-state index in [0.29, 0.717) is 17.0 Å². The van der Waals surface area contributed by atoms with Crippen molar-refractivity contribution in [3.05, 3.63) is 59.4 Å². The van der Waals surface area contributed by atoms with E-state index < -0.39 is 5.97 Å². The standard InChI is InChI=1S/C15H14FNO3/c1-19-15(18)14-10(4-2-7-13(14)17)9-20-12-6-3-5-11(16)8-12/h2-8H,9,17H2,1H3. The Bertz CT molecular complexity index is 628. The minimum absolute atomic E-state index is 0.0962. The lowest BCUT2D eigenvalue weighted by molar-refractivity contribution is 0.0599. The zero-order valence-corrected chi connectivity index (χ0v) is 10.9. The Labute approximate surface area is 115 Å². The van der Waals surface area contributed by atoms with E-state index in [1.807, 2.05) is 0 Å². The fourth-order valence-corrected chi connectivity index (χ4v) is 1.81. The van der Waals surface area contributed by atoms with Crippen LogP contribution in [-0.2, 0) is 11.3 Å². The molecule has 0 unspecified atom stereocenters. The molecule has 104 valence electrons. The minimum Gasteiger partial charge on any atom is -0.489 e. The van der Waals surface area contributed by atoms with Gasteiger partial charge in [0, 0.05) is 17.3 Å². The zero-order valence-electron chi connectivity index (χ0n) is 10.9. The molecule has 0 atom stereocenters. The third kappa shape index (κ3) is 3.06. The first-order valence-corrected chi connectivity index (χ1v) is 5.96. The van der Waals surface area contributed by atoms with E-state index in [9.17, 15) is 9.18 Å². The largest absolute Gasteiger partial charge is 0.489 e. The Morgan fingerprint density at radius 1 is 1.25 bits per heavy atom. The first-order valence-electron chi connectivity index (χ1n) is 5.96. The molecule has 0 fully saturated rings. The molecule has 0 aliphatic heterocycles. The molecule has 0 aliphatic rings. The normalized spacial score (nSPS) is 10.1. The number of carbonyl (C=O) groups is 1. The summed E-state index contributed by atoms with van der Waals surface area (Å²) in [5.74, 6) is -0.535. The van der Waals surface area contributed by atoms with Crippen molar-refractivity contribution >= 4 is 11.7 Å². The summed E-state index contributed by atoms with van der Waals surface area (Å²) < 4.78 is 23.2. The lowest BCUT2D eigenvalue weighted by Gasteiger charge is -2.11. The SMILES string of the molecule is COC(=O)c1c(N)cccc1COc1cccc(F)c1. The molecule has 20 heavy (non-hydrogen) atoms. The summed E-state index contributed by atoms with van der Waals surface area (Å²) in [7, 11) is 1.28. The second kappa shape index (κ2) is 6.06. The average molecular weight is 275 g/mol. The second-order valence-electron chi connectivity index (χ2n) is 4.12. The van der Waals surface area contributed by atoms with Crippen LogP contribution in [-0.4, -0.2) is 13.1 Å². The molecule has 0 spiro atoms. The Hall–Kier alpha value is -2.56. The molecule has 0 amide bonds. The van der Waals surface area contributed by atoms with Gasteiger partial charge in [0.1, 0.15) is 18.2 Å². The van der Waals surface area contributed by atoms with E-state index in [2.05, 4.69) is 0 Å².